The fourth-order valence-electron chi connectivity index (χ4n) is 3.32. The van der Waals surface area contributed by atoms with Gasteiger partial charge in [-0.2, -0.15) is 0 Å². The van der Waals surface area contributed by atoms with Crippen LogP contribution in [0.2, 0.25) is 5.15 Å². The highest BCUT2D eigenvalue weighted by molar-refractivity contribution is 6.30. The molecule has 1 N–H and O–H groups in total. The van der Waals surface area contributed by atoms with Gasteiger partial charge in [0.25, 0.3) is 0 Å². The van der Waals surface area contributed by atoms with Gasteiger partial charge in [-0.05, 0) is 19.8 Å². The number of hydrogen-bond acceptors (Lipinski definition) is 5. The first-order valence-corrected chi connectivity index (χ1v) is 8.82. The number of halogens is 1. The van der Waals surface area contributed by atoms with Gasteiger partial charge in [-0.1, -0.05) is 18.5 Å². The number of aryl methyl sites for hydroxylation is 2. The lowest BCUT2D eigenvalue weighted by molar-refractivity contribution is 0.0873. The fourth-order valence-corrected chi connectivity index (χ4v) is 3.50. The van der Waals surface area contributed by atoms with Crippen LogP contribution in [-0.2, 0) is 13.5 Å². The van der Waals surface area contributed by atoms with E-state index in [0.29, 0.717) is 11.0 Å². The van der Waals surface area contributed by atoms with Gasteiger partial charge >= 0.3 is 0 Å². The second-order valence-corrected chi connectivity index (χ2v) is 6.78. The number of imidazole rings is 1. The van der Waals surface area contributed by atoms with Crippen LogP contribution in [0.4, 0.5) is 5.82 Å². The van der Waals surface area contributed by atoms with Crippen molar-refractivity contribution >= 4 is 17.4 Å². The van der Waals surface area contributed by atoms with E-state index in [-0.39, 0.29) is 5.92 Å². The van der Waals surface area contributed by atoms with Gasteiger partial charge in [0.1, 0.15) is 28.7 Å². The fraction of sp³-hybridized carbons (Fsp3) is 0.588. The van der Waals surface area contributed by atoms with Crippen LogP contribution in [0.3, 0.4) is 0 Å². The molecule has 1 saturated heterocycles. The molecule has 0 aliphatic carbocycles. The van der Waals surface area contributed by atoms with Crippen molar-refractivity contribution in [1.82, 2.24) is 19.5 Å². The average Bonchev–Trinajstić information content (AvgIpc) is 3.02. The maximum atomic E-state index is 10.7. The van der Waals surface area contributed by atoms with Crippen molar-refractivity contribution in [1.29, 1.82) is 0 Å². The van der Waals surface area contributed by atoms with E-state index >= 15 is 0 Å². The SMILES string of the molecule is CCc1nc(Cl)c(C)c(N2CCCC(C(O)c3nccn3C)C2)n1. The lowest BCUT2D eigenvalue weighted by Crippen LogP contribution is -2.39. The Balaban J connectivity index is 1.84. The van der Waals surface area contributed by atoms with Crippen molar-refractivity contribution in [2.75, 3.05) is 18.0 Å². The Labute approximate surface area is 147 Å². The minimum Gasteiger partial charge on any atom is -0.385 e. The monoisotopic (exact) mass is 349 g/mol. The Morgan fingerprint density at radius 1 is 1.42 bits per heavy atom. The van der Waals surface area contributed by atoms with Crippen molar-refractivity contribution in [2.24, 2.45) is 13.0 Å². The molecule has 24 heavy (non-hydrogen) atoms. The summed E-state index contributed by atoms with van der Waals surface area (Å²) in [5.74, 6) is 2.49. The topological polar surface area (TPSA) is 67.1 Å². The highest BCUT2D eigenvalue weighted by Crippen LogP contribution is 2.32. The number of piperidine rings is 1. The van der Waals surface area contributed by atoms with Gasteiger partial charge in [-0.3, -0.25) is 0 Å². The van der Waals surface area contributed by atoms with Crippen molar-refractivity contribution < 1.29 is 5.11 Å². The maximum absolute atomic E-state index is 10.7. The summed E-state index contributed by atoms with van der Waals surface area (Å²) in [6, 6.07) is 0. The normalized spacial score (nSPS) is 19.5. The standard InChI is InChI=1S/C17H24ClN5O/c1-4-13-20-15(18)11(2)16(21-13)23-8-5-6-12(10-23)14(24)17-19-7-9-22(17)3/h7,9,12,14,24H,4-6,8,10H2,1-3H3. The van der Waals surface area contributed by atoms with Gasteiger partial charge in [-0.15, -0.1) is 0 Å². The number of rotatable bonds is 4. The molecule has 0 radical (unpaired) electrons. The first kappa shape index (κ1) is 17.2. The highest BCUT2D eigenvalue weighted by Gasteiger charge is 2.30. The zero-order valence-corrected chi connectivity index (χ0v) is 15.2. The number of nitrogens with zero attached hydrogens (tertiary/aromatic N) is 5. The summed E-state index contributed by atoms with van der Waals surface area (Å²) >= 11 is 6.28. The third kappa shape index (κ3) is 3.26. The average molecular weight is 350 g/mol. The molecule has 3 heterocycles. The summed E-state index contributed by atoms with van der Waals surface area (Å²) in [4.78, 5) is 15.5. The van der Waals surface area contributed by atoms with Gasteiger partial charge in [0, 0.05) is 50.4 Å². The molecule has 2 atom stereocenters. The van der Waals surface area contributed by atoms with Gasteiger partial charge in [-0.25, -0.2) is 15.0 Å². The summed E-state index contributed by atoms with van der Waals surface area (Å²) in [7, 11) is 1.91. The third-order valence-electron chi connectivity index (χ3n) is 4.75. The van der Waals surface area contributed by atoms with Crippen molar-refractivity contribution in [3.05, 3.63) is 34.8 Å². The second-order valence-electron chi connectivity index (χ2n) is 6.42. The van der Waals surface area contributed by atoms with E-state index in [0.717, 1.165) is 49.6 Å². The number of aliphatic hydroxyl groups is 1. The van der Waals surface area contributed by atoms with Crippen LogP contribution in [0.15, 0.2) is 12.4 Å². The Morgan fingerprint density at radius 2 is 2.21 bits per heavy atom. The molecule has 1 aliphatic heterocycles. The minimum absolute atomic E-state index is 0.123. The summed E-state index contributed by atoms with van der Waals surface area (Å²) in [5, 5.41) is 11.3. The molecule has 3 rings (SSSR count). The van der Waals surface area contributed by atoms with Crippen LogP contribution in [0.5, 0.6) is 0 Å². The summed E-state index contributed by atoms with van der Waals surface area (Å²) in [6.07, 6.45) is 5.75. The Hall–Kier alpha value is -1.66. The summed E-state index contributed by atoms with van der Waals surface area (Å²) in [5.41, 5.74) is 0.904. The van der Waals surface area contributed by atoms with Crippen LogP contribution in [0, 0.1) is 12.8 Å². The van der Waals surface area contributed by atoms with E-state index in [9.17, 15) is 5.11 Å². The Morgan fingerprint density at radius 3 is 2.88 bits per heavy atom. The van der Waals surface area contributed by atoms with Gasteiger partial charge in [0.2, 0.25) is 0 Å². The van der Waals surface area contributed by atoms with Gasteiger partial charge in [0.05, 0.1) is 0 Å². The van der Waals surface area contributed by atoms with Crippen LogP contribution >= 0.6 is 11.6 Å². The predicted molar refractivity (Wildman–Crippen MR) is 94.3 cm³/mol. The Bertz CT molecular complexity index is 717. The minimum atomic E-state index is -0.573. The molecule has 1 aliphatic rings. The molecule has 0 aromatic carbocycles. The molecule has 2 aromatic rings. The number of anilines is 1. The first-order chi connectivity index (χ1) is 11.5. The lowest BCUT2D eigenvalue weighted by Gasteiger charge is -2.36. The van der Waals surface area contributed by atoms with Crippen LogP contribution < -0.4 is 4.90 Å². The number of aromatic nitrogens is 4. The van der Waals surface area contributed by atoms with E-state index in [1.807, 2.05) is 31.7 Å². The van der Waals surface area contributed by atoms with E-state index in [2.05, 4.69) is 19.9 Å². The maximum Gasteiger partial charge on any atom is 0.137 e. The molecular weight excluding hydrogens is 326 g/mol. The van der Waals surface area contributed by atoms with Crippen molar-refractivity contribution in [3.8, 4) is 0 Å². The smallest absolute Gasteiger partial charge is 0.137 e. The lowest BCUT2D eigenvalue weighted by atomic mass is 9.91. The summed E-state index contributed by atoms with van der Waals surface area (Å²) < 4.78 is 1.88. The molecular formula is C17H24ClN5O. The van der Waals surface area contributed by atoms with E-state index in [1.165, 1.54) is 0 Å². The van der Waals surface area contributed by atoms with Crippen LogP contribution in [0.1, 0.15) is 43.1 Å². The number of aliphatic hydroxyl groups excluding tert-OH is 1. The second kappa shape index (κ2) is 7.07. The zero-order chi connectivity index (χ0) is 17.3. The van der Waals surface area contributed by atoms with E-state index in [1.54, 1.807) is 6.20 Å². The van der Waals surface area contributed by atoms with Crippen molar-refractivity contribution in [2.45, 2.75) is 39.2 Å². The molecule has 0 saturated carbocycles. The Kier molecular flexibility index (Phi) is 5.06. The largest absolute Gasteiger partial charge is 0.385 e. The highest BCUT2D eigenvalue weighted by atomic mass is 35.5. The molecule has 7 heteroatoms. The molecule has 6 nitrogen and oxygen atoms in total. The van der Waals surface area contributed by atoms with E-state index < -0.39 is 6.10 Å². The molecule has 0 spiro atoms. The molecule has 0 amide bonds. The zero-order valence-electron chi connectivity index (χ0n) is 14.4. The predicted octanol–water partition coefficient (Wildman–Crippen LogP) is 2.68. The summed E-state index contributed by atoms with van der Waals surface area (Å²) in [6.45, 7) is 5.64. The molecule has 0 bridgehead atoms. The molecule has 130 valence electrons. The molecule has 2 aromatic heterocycles. The van der Waals surface area contributed by atoms with Crippen LogP contribution in [0.25, 0.3) is 0 Å². The first-order valence-electron chi connectivity index (χ1n) is 8.44. The van der Waals surface area contributed by atoms with Crippen LogP contribution in [-0.4, -0.2) is 37.7 Å². The quantitative estimate of drug-likeness (QED) is 0.859. The third-order valence-corrected chi connectivity index (χ3v) is 5.12. The van der Waals surface area contributed by atoms with Crippen molar-refractivity contribution in [3.63, 3.8) is 0 Å². The van der Waals surface area contributed by atoms with Gasteiger partial charge < -0.3 is 14.6 Å². The number of hydrogen-bond donors (Lipinski definition) is 1. The van der Waals surface area contributed by atoms with E-state index in [4.69, 9.17) is 11.6 Å². The van der Waals surface area contributed by atoms with Gasteiger partial charge in [0.15, 0.2) is 0 Å². The molecule has 1 fully saturated rings. The molecule has 2 unspecified atom stereocenters.